The molecule has 0 aliphatic heterocycles. The molecule has 0 aliphatic rings. The molecule has 10 heavy (non-hydrogen) atoms. The van der Waals surface area contributed by atoms with E-state index in [2.05, 4.69) is 4.74 Å². The predicted octanol–water partition coefficient (Wildman–Crippen LogP) is 2.08. The molecule has 0 unspecified atom stereocenters. The van der Waals surface area contributed by atoms with E-state index in [1.807, 2.05) is 0 Å². The molecule has 0 radical (unpaired) electrons. The third-order valence-corrected chi connectivity index (χ3v) is 1.01. The van der Waals surface area contributed by atoms with Crippen molar-refractivity contribution in [3.05, 3.63) is 11.1 Å². The van der Waals surface area contributed by atoms with Crippen LogP contribution in [0.2, 0.25) is 0 Å². The Morgan fingerprint density at radius 3 is 2.70 bits per heavy atom. The molecule has 0 spiro atoms. The zero-order valence-corrected chi connectivity index (χ0v) is 6.94. The van der Waals surface area contributed by atoms with E-state index in [1.165, 1.54) is 0 Å². The first-order chi connectivity index (χ1) is 4.66. The summed E-state index contributed by atoms with van der Waals surface area (Å²) in [7, 11) is 0. The van der Waals surface area contributed by atoms with Crippen LogP contribution in [0.5, 0.6) is 0 Å². The monoisotopic (exact) mass is 162 g/mol. The van der Waals surface area contributed by atoms with Crippen LogP contribution in [-0.2, 0) is 9.53 Å². The van der Waals surface area contributed by atoms with E-state index >= 15 is 0 Å². The maximum Gasteiger partial charge on any atom is 0.309 e. The summed E-state index contributed by atoms with van der Waals surface area (Å²) in [5, 5.41) is 0.619. The minimum Gasteiger partial charge on any atom is -0.466 e. The molecule has 58 valence electrons. The maximum absolute atomic E-state index is 10.6. The zero-order chi connectivity index (χ0) is 7.98. The quantitative estimate of drug-likeness (QED) is 0.594. The summed E-state index contributed by atoms with van der Waals surface area (Å²) in [6, 6.07) is 0. The van der Waals surface area contributed by atoms with Gasteiger partial charge in [-0.2, -0.15) is 0 Å². The van der Waals surface area contributed by atoms with Crippen molar-refractivity contribution in [3.63, 3.8) is 0 Å². The van der Waals surface area contributed by atoms with E-state index in [0.717, 1.165) is 0 Å². The molecule has 0 fully saturated rings. The van der Waals surface area contributed by atoms with Gasteiger partial charge in [-0.1, -0.05) is 17.7 Å². The number of hydrogen-bond acceptors (Lipinski definition) is 2. The van der Waals surface area contributed by atoms with Gasteiger partial charge in [0.25, 0.3) is 0 Å². The van der Waals surface area contributed by atoms with Crippen LogP contribution in [0.25, 0.3) is 0 Å². The molecular weight excluding hydrogens is 152 g/mol. The van der Waals surface area contributed by atoms with Crippen LogP contribution in [0.3, 0.4) is 0 Å². The number of halogens is 1. The second kappa shape index (κ2) is 5.30. The second-order valence-electron chi connectivity index (χ2n) is 1.80. The predicted molar refractivity (Wildman–Crippen MR) is 40.9 cm³/mol. The molecule has 0 N–H and O–H groups in total. The molecule has 0 bridgehead atoms. The molecule has 0 atom stereocenters. The molecule has 0 saturated heterocycles. The summed E-state index contributed by atoms with van der Waals surface area (Å²) in [4.78, 5) is 10.6. The summed E-state index contributed by atoms with van der Waals surface area (Å²) < 4.78 is 4.65. The van der Waals surface area contributed by atoms with Gasteiger partial charge in [0, 0.05) is 5.03 Å². The fraction of sp³-hybridized carbons (Fsp3) is 0.571. The number of rotatable bonds is 3. The molecule has 2 nitrogen and oxygen atoms in total. The van der Waals surface area contributed by atoms with Gasteiger partial charge in [-0.3, -0.25) is 4.79 Å². The van der Waals surface area contributed by atoms with E-state index in [-0.39, 0.29) is 12.4 Å². The lowest BCUT2D eigenvalue weighted by Gasteiger charge is -1.96. The van der Waals surface area contributed by atoms with Crippen molar-refractivity contribution < 1.29 is 9.53 Å². The SMILES string of the molecule is CCOC(=O)CC=C(C)Cl. The Bertz CT molecular complexity index is 137. The first-order valence-corrected chi connectivity index (χ1v) is 3.52. The van der Waals surface area contributed by atoms with E-state index in [1.54, 1.807) is 19.9 Å². The Kier molecular flexibility index (Phi) is 5.03. The Morgan fingerprint density at radius 1 is 1.70 bits per heavy atom. The van der Waals surface area contributed by atoms with Gasteiger partial charge in [0.05, 0.1) is 13.0 Å². The molecule has 0 amide bonds. The molecule has 0 aromatic heterocycles. The number of allylic oxidation sites excluding steroid dienone is 1. The fourth-order valence-corrected chi connectivity index (χ4v) is 0.521. The summed E-state index contributed by atoms with van der Waals surface area (Å²) in [6.45, 7) is 3.92. The number of esters is 1. The van der Waals surface area contributed by atoms with Crippen LogP contribution in [0.4, 0.5) is 0 Å². The third kappa shape index (κ3) is 5.63. The highest BCUT2D eigenvalue weighted by molar-refractivity contribution is 6.29. The van der Waals surface area contributed by atoms with Crippen LogP contribution >= 0.6 is 11.6 Å². The van der Waals surface area contributed by atoms with Crippen LogP contribution < -0.4 is 0 Å². The van der Waals surface area contributed by atoms with E-state index in [9.17, 15) is 4.79 Å². The van der Waals surface area contributed by atoms with E-state index in [0.29, 0.717) is 11.6 Å². The standard InChI is InChI=1S/C7H11ClO2/c1-3-10-7(9)5-4-6(2)8/h4H,3,5H2,1-2H3. The Morgan fingerprint density at radius 2 is 2.30 bits per heavy atom. The highest BCUT2D eigenvalue weighted by Crippen LogP contribution is 2.00. The highest BCUT2D eigenvalue weighted by atomic mass is 35.5. The van der Waals surface area contributed by atoms with Crippen molar-refractivity contribution in [1.29, 1.82) is 0 Å². The lowest BCUT2D eigenvalue weighted by Crippen LogP contribution is -2.01. The van der Waals surface area contributed by atoms with E-state index < -0.39 is 0 Å². The van der Waals surface area contributed by atoms with Crippen LogP contribution in [0.15, 0.2) is 11.1 Å². The molecule has 0 saturated carbocycles. The van der Waals surface area contributed by atoms with Gasteiger partial charge >= 0.3 is 5.97 Å². The van der Waals surface area contributed by atoms with Crippen molar-refractivity contribution >= 4 is 17.6 Å². The Hall–Kier alpha value is -0.500. The molecule has 0 aromatic carbocycles. The zero-order valence-electron chi connectivity index (χ0n) is 6.19. The number of carbonyl (C=O) groups excluding carboxylic acids is 1. The molecule has 0 aliphatic carbocycles. The van der Waals surface area contributed by atoms with E-state index in [4.69, 9.17) is 11.6 Å². The second-order valence-corrected chi connectivity index (χ2v) is 2.40. The first-order valence-electron chi connectivity index (χ1n) is 3.14. The topological polar surface area (TPSA) is 26.3 Å². The normalized spacial score (nSPS) is 11.3. The molecule has 0 rings (SSSR count). The van der Waals surface area contributed by atoms with Crippen LogP contribution in [0.1, 0.15) is 20.3 Å². The van der Waals surface area contributed by atoms with Gasteiger partial charge < -0.3 is 4.74 Å². The van der Waals surface area contributed by atoms with Crippen LogP contribution in [-0.4, -0.2) is 12.6 Å². The molecule has 0 aromatic rings. The largest absolute Gasteiger partial charge is 0.466 e. The van der Waals surface area contributed by atoms with Crippen molar-refractivity contribution in [2.24, 2.45) is 0 Å². The summed E-state index contributed by atoms with van der Waals surface area (Å²) in [5.41, 5.74) is 0. The first kappa shape index (κ1) is 9.50. The third-order valence-electron chi connectivity index (χ3n) is 0.855. The van der Waals surface area contributed by atoms with Gasteiger partial charge in [0.2, 0.25) is 0 Å². The van der Waals surface area contributed by atoms with Gasteiger partial charge in [0.1, 0.15) is 0 Å². The van der Waals surface area contributed by atoms with Gasteiger partial charge in [-0.25, -0.2) is 0 Å². The molecule has 3 heteroatoms. The molecule has 0 heterocycles. The highest BCUT2D eigenvalue weighted by Gasteiger charge is 1.96. The minimum atomic E-state index is -0.234. The number of ether oxygens (including phenoxy) is 1. The van der Waals surface area contributed by atoms with Crippen molar-refractivity contribution in [2.45, 2.75) is 20.3 Å². The summed E-state index contributed by atoms with van der Waals surface area (Å²) >= 11 is 5.48. The average molecular weight is 163 g/mol. The fourth-order valence-electron chi connectivity index (χ4n) is 0.444. The molecular formula is C7H11ClO2. The minimum absolute atomic E-state index is 0.234. The van der Waals surface area contributed by atoms with Gasteiger partial charge in [-0.15, -0.1) is 0 Å². The van der Waals surface area contributed by atoms with Crippen molar-refractivity contribution in [2.75, 3.05) is 6.61 Å². The van der Waals surface area contributed by atoms with Gasteiger partial charge in [0.15, 0.2) is 0 Å². The lowest BCUT2D eigenvalue weighted by atomic mass is 10.4. The van der Waals surface area contributed by atoms with Crippen LogP contribution in [0, 0.1) is 0 Å². The smallest absolute Gasteiger partial charge is 0.309 e. The van der Waals surface area contributed by atoms with Gasteiger partial charge in [-0.05, 0) is 13.8 Å². The number of carbonyl (C=O) groups is 1. The number of hydrogen-bond donors (Lipinski definition) is 0. The maximum atomic E-state index is 10.6. The Labute approximate surface area is 65.8 Å². The van der Waals surface area contributed by atoms with Crippen molar-refractivity contribution in [3.8, 4) is 0 Å². The van der Waals surface area contributed by atoms with Crippen molar-refractivity contribution in [1.82, 2.24) is 0 Å². The Balaban J connectivity index is 3.49. The summed E-state index contributed by atoms with van der Waals surface area (Å²) in [6.07, 6.45) is 1.89. The average Bonchev–Trinajstić information content (AvgIpc) is 1.85. The summed E-state index contributed by atoms with van der Waals surface area (Å²) in [5.74, 6) is -0.234. The lowest BCUT2D eigenvalue weighted by molar-refractivity contribution is -0.142.